The summed E-state index contributed by atoms with van der Waals surface area (Å²) in [4.78, 5) is 0. The molecule has 5 rings (SSSR count). The first-order valence-corrected chi connectivity index (χ1v) is 9.29. The van der Waals surface area contributed by atoms with Gasteiger partial charge in [-0.2, -0.15) is 0 Å². The zero-order valence-electron chi connectivity index (χ0n) is 14.1. The molecule has 0 fully saturated rings. The largest absolute Gasteiger partial charge is 0.343 e. The molecule has 0 bridgehead atoms. The van der Waals surface area contributed by atoms with Crippen LogP contribution in [0.25, 0.3) is 42.0 Å². The fraction of sp³-hybridized carbons (Fsp3) is 0.182. The van der Waals surface area contributed by atoms with Crippen LogP contribution in [0, 0.1) is 0 Å². The molecular weight excluding hydrogens is 310 g/mol. The Morgan fingerprint density at radius 3 is 2.46 bits per heavy atom. The molecule has 0 radical (unpaired) electrons. The van der Waals surface area contributed by atoms with E-state index in [1.54, 1.807) is 0 Å². The summed E-state index contributed by atoms with van der Waals surface area (Å²) in [5.74, 6) is 0.522. The van der Waals surface area contributed by atoms with E-state index in [-0.39, 0.29) is 0 Å². The lowest BCUT2D eigenvalue weighted by atomic mass is 9.97. The van der Waals surface area contributed by atoms with E-state index in [1.807, 2.05) is 11.3 Å². The second-order valence-corrected chi connectivity index (χ2v) is 7.97. The first-order chi connectivity index (χ1) is 11.7. The lowest BCUT2D eigenvalue weighted by Gasteiger charge is -2.07. The molecule has 2 aromatic heterocycles. The van der Waals surface area contributed by atoms with Crippen molar-refractivity contribution in [1.29, 1.82) is 0 Å². The van der Waals surface area contributed by atoms with E-state index in [4.69, 9.17) is 0 Å². The molecule has 0 aliphatic heterocycles. The van der Waals surface area contributed by atoms with Crippen molar-refractivity contribution in [3.05, 3.63) is 60.2 Å². The minimum absolute atomic E-state index is 0.522. The van der Waals surface area contributed by atoms with Crippen LogP contribution in [0.15, 0.2) is 54.6 Å². The van der Waals surface area contributed by atoms with E-state index in [9.17, 15) is 0 Å². The molecule has 0 amide bonds. The smallest absolute Gasteiger partial charge is 0.0583 e. The maximum Gasteiger partial charge on any atom is 0.0583 e. The van der Waals surface area contributed by atoms with Gasteiger partial charge in [-0.3, -0.25) is 0 Å². The van der Waals surface area contributed by atoms with Gasteiger partial charge in [0.2, 0.25) is 0 Å². The van der Waals surface area contributed by atoms with Crippen LogP contribution in [0.2, 0.25) is 0 Å². The highest BCUT2D eigenvalue weighted by atomic mass is 32.1. The van der Waals surface area contributed by atoms with E-state index in [2.05, 4.69) is 80.1 Å². The van der Waals surface area contributed by atoms with Crippen LogP contribution in [0.3, 0.4) is 0 Å². The van der Waals surface area contributed by atoms with Crippen molar-refractivity contribution in [3.63, 3.8) is 0 Å². The summed E-state index contributed by atoms with van der Waals surface area (Å²) in [6.45, 7) is 4.57. The van der Waals surface area contributed by atoms with Crippen LogP contribution in [0.4, 0.5) is 0 Å². The van der Waals surface area contributed by atoms with E-state index in [1.165, 1.54) is 47.5 Å². The summed E-state index contributed by atoms with van der Waals surface area (Å²) in [5.41, 5.74) is 4.14. The molecule has 2 heterocycles. The number of thiophene rings is 1. The Hall–Kier alpha value is -2.32. The van der Waals surface area contributed by atoms with Gasteiger partial charge in [0, 0.05) is 43.5 Å². The van der Waals surface area contributed by atoms with Crippen LogP contribution in [-0.2, 0) is 7.05 Å². The molecule has 24 heavy (non-hydrogen) atoms. The third kappa shape index (κ3) is 1.69. The average Bonchev–Trinajstić information content (AvgIpc) is 3.10. The molecule has 3 aromatic carbocycles. The van der Waals surface area contributed by atoms with Crippen molar-refractivity contribution in [2.75, 3.05) is 0 Å². The van der Waals surface area contributed by atoms with Crippen molar-refractivity contribution in [1.82, 2.24) is 4.57 Å². The van der Waals surface area contributed by atoms with Gasteiger partial charge in [0.15, 0.2) is 0 Å². The van der Waals surface area contributed by atoms with Gasteiger partial charge in [0.05, 0.1) is 5.52 Å². The van der Waals surface area contributed by atoms with E-state index < -0.39 is 0 Å². The lowest BCUT2D eigenvalue weighted by molar-refractivity contribution is 0.876. The van der Waals surface area contributed by atoms with Gasteiger partial charge in [-0.05, 0) is 29.7 Å². The minimum atomic E-state index is 0.522. The molecule has 0 atom stereocenters. The van der Waals surface area contributed by atoms with Gasteiger partial charge < -0.3 is 4.57 Å². The van der Waals surface area contributed by atoms with Gasteiger partial charge >= 0.3 is 0 Å². The van der Waals surface area contributed by atoms with E-state index >= 15 is 0 Å². The molecule has 0 saturated heterocycles. The van der Waals surface area contributed by atoms with Crippen molar-refractivity contribution >= 4 is 53.3 Å². The number of aryl methyl sites for hydroxylation is 1. The third-order valence-electron chi connectivity index (χ3n) is 5.18. The molecule has 0 spiro atoms. The van der Waals surface area contributed by atoms with Crippen molar-refractivity contribution in [2.45, 2.75) is 19.8 Å². The molecule has 0 N–H and O–H groups in total. The molecule has 0 unspecified atom stereocenters. The van der Waals surface area contributed by atoms with Crippen LogP contribution < -0.4 is 0 Å². The number of hydrogen-bond acceptors (Lipinski definition) is 1. The number of aromatic nitrogens is 1. The summed E-state index contributed by atoms with van der Waals surface area (Å²) in [6, 6.07) is 20.1. The maximum absolute atomic E-state index is 2.39. The van der Waals surface area contributed by atoms with E-state index in [0.29, 0.717) is 5.92 Å². The SMILES string of the molecule is CC(C)c1cccc2c1c1ccc3sc4ccccc4c3c1n2C. The average molecular weight is 329 g/mol. The summed E-state index contributed by atoms with van der Waals surface area (Å²) in [5, 5.41) is 5.58. The monoisotopic (exact) mass is 329 g/mol. The van der Waals surface area contributed by atoms with Gasteiger partial charge in [-0.25, -0.2) is 0 Å². The Labute approximate surface area is 145 Å². The Morgan fingerprint density at radius 2 is 1.62 bits per heavy atom. The summed E-state index contributed by atoms with van der Waals surface area (Å²) in [6.07, 6.45) is 0. The van der Waals surface area contributed by atoms with Gasteiger partial charge in [-0.15, -0.1) is 11.3 Å². The molecule has 5 aromatic rings. The van der Waals surface area contributed by atoms with Crippen LogP contribution in [0.1, 0.15) is 25.3 Å². The molecule has 0 saturated carbocycles. The lowest BCUT2D eigenvalue weighted by Crippen LogP contribution is -1.90. The predicted octanol–water partition coefficient (Wildman–Crippen LogP) is 6.82. The van der Waals surface area contributed by atoms with E-state index in [0.717, 1.165) is 0 Å². The van der Waals surface area contributed by atoms with Crippen LogP contribution in [-0.4, -0.2) is 4.57 Å². The van der Waals surface area contributed by atoms with Crippen molar-refractivity contribution in [3.8, 4) is 0 Å². The zero-order chi connectivity index (χ0) is 16.4. The molecule has 118 valence electrons. The number of fused-ring (bicyclic) bond motifs is 7. The maximum atomic E-state index is 2.39. The Morgan fingerprint density at radius 1 is 0.792 bits per heavy atom. The second kappa shape index (κ2) is 4.84. The predicted molar refractivity (Wildman–Crippen MR) is 107 cm³/mol. The molecule has 0 aliphatic carbocycles. The number of benzene rings is 3. The minimum Gasteiger partial charge on any atom is -0.343 e. The molecular formula is C22H19NS. The number of nitrogens with zero attached hydrogens (tertiary/aromatic N) is 1. The second-order valence-electron chi connectivity index (χ2n) is 6.89. The van der Waals surface area contributed by atoms with Crippen molar-refractivity contribution in [2.24, 2.45) is 7.05 Å². The highest BCUT2D eigenvalue weighted by molar-refractivity contribution is 7.26. The molecule has 2 heteroatoms. The Bertz CT molecular complexity index is 1240. The fourth-order valence-electron chi connectivity index (χ4n) is 4.08. The summed E-state index contributed by atoms with van der Waals surface area (Å²) >= 11 is 1.89. The van der Waals surface area contributed by atoms with Gasteiger partial charge in [0.25, 0.3) is 0 Å². The zero-order valence-corrected chi connectivity index (χ0v) is 14.9. The molecule has 0 aliphatic rings. The first kappa shape index (κ1) is 14.1. The highest BCUT2D eigenvalue weighted by Gasteiger charge is 2.17. The number of rotatable bonds is 1. The quantitative estimate of drug-likeness (QED) is 0.318. The van der Waals surface area contributed by atoms with Gasteiger partial charge in [0.1, 0.15) is 0 Å². The molecule has 1 nitrogen and oxygen atoms in total. The Balaban J connectivity index is 2.11. The standard InChI is InChI=1S/C22H19NS/c1-13(2)14-8-6-9-17-20(14)16-11-12-19-21(22(16)23(17)3)15-7-4-5-10-18(15)24-19/h4-13H,1-3H3. The topological polar surface area (TPSA) is 4.93 Å². The van der Waals surface area contributed by atoms with Gasteiger partial charge in [-0.1, -0.05) is 50.2 Å². The van der Waals surface area contributed by atoms with Crippen LogP contribution >= 0.6 is 11.3 Å². The summed E-state index contributed by atoms with van der Waals surface area (Å²) < 4.78 is 5.13. The fourth-order valence-corrected chi connectivity index (χ4v) is 5.19. The van der Waals surface area contributed by atoms with Crippen molar-refractivity contribution < 1.29 is 0 Å². The number of hydrogen-bond donors (Lipinski definition) is 0. The third-order valence-corrected chi connectivity index (χ3v) is 6.31. The normalized spacial score (nSPS) is 12.3. The first-order valence-electron chi connectivity index (χ1n) is 8.48. The van der Waals surface area contributed by atoms with Crippen LogP contribution in [0.5, 0.6) is 0 Å². The Kier molecular flexibility index (Phi) is 2.84. The summed E-state index contributed by atoms with van der Waals surface area (Å²) in [7, 11) is 2.21. The highest BCUT2D eigenvalue weighted by Crippen LogP contribution is 2.42.